The maximum atomic E-state index is 13.1. The molecule has 1 aliphatic heterocycles. The molecule has 0 aromatic heterocycles. The minimum Gasteiger partial charge on any atom is -0.356 e. The summed E-state index contributed by atoms with van der Waals surface area (Å²) in [6.07, 6.45) is 4.84. The van der Waals surface area contributed by atoms with Crippen molar-refractivity contribution in [3.05, 3.63) is 65.7 Å². The molecule has 0 spiro atoms. The molecule has 0 amide bonds. The van der Waals surface area contributed by atoms with Crippen molar-refractivity contribution in [1.82, 2.24) is 4.31 Å². The van der Waals surface area contributed by atoms with Gasteiger partial charge >= 0.3 is 0 Å². The van der Waals surface area contributed by atoms with Crippen LogP contribution in [-0.2, 0) is 14.8 Å². The molecular formula is C19H19NO3S. The van der Waals surface area contributed by atoms with Gasteiger partial charge in [-0.3, -0.25) is 0 Å². The second-order valence-electron chi connectivity index (χ2n) is 5.85. The minimum absolute atomic E-state index is 0.242. The van der Waals surface area contributed by atoms with Crippen molar-refractivity contribution >= 4 is 10.0 Å². The molecule has 1 fully saturated rings. The van der Waals surface area contributed by atoms with E-state index < -0.39 is 16.3 Å². The fourth-order valence-electron chi connectivity index (χ4n) is 2.71. The van der Waals surface area contributed by atoms with Gasteiger partial charge < -0.3 is 4.74 Å². The van der Waals surface area contributed by atoms with Crippen LogP contribution in [0.2, 0.25) is 0 Å². The van der Waals surface area contributed by atoms with Gasteiger partial charge in [0, 0.05) is 6.54 Å². The molecule has 0 radical (unpaired) electrons. The topological polar surface area (TPSA) is 46.6 Å². The van der Waals surface area contributed by atoms with Crippen LogP contribution in [0.3, 0.4) is 0 Å². The van der Waals surface area contributed by atoms with Gasteiger partial charge in [-0.05, 0) is 24.6 Å². The van der Waals surface area contributed by atoms with Crippen LogP contribution in [0.15, 0.2) is 59.5 Å². The lowest BCUT2D eigenvalue weighted by atomic mass is 10.1. The highest BCUT2D eigenvalue weighted by Crippen LogP contribution is 2.33. The Morgan fingerprint density at radius 3 is 2.42 bits per heavy atom. The Hall–Kier alpha value is -2.13. The molecule has 2 atom stereocenters. The molecule has 3 rings (SSSR count). The number of hydrogen-bond donors (Lipinski definition) is 0. The third-order valence-electron chi connectivity index (χ3n) is 4.07. The maximum absolute atomic E-state index is 13.1. The van der Waals surface area contributed by atoms with Crippen LogP contribution >= 0.6 is 0 Å². The van der Waals surface area contributed by atoms with Gasteiger partial charge in [0.2, 0.25) is 10.0 Å². The zero-order valence-corrected chi connectivity index (χ0v) is 14.2. The normalized spacial score (nSPS) is 22.0. The average molecular weight is 341 g/mol. The maximum Gasteiger partial charge on any atom is 0.245 e. The first kappa shape index (κ1) is 16.7. The van der Waals surface area contributed by atoms with Crippen molar-refractivity contribution in [2.45, 2.75) is 18.0 Å². The largest absolute Gasteiger partial charge is 0.356 e. The van der Waals surface area contributed by atoms with Gasteiger partial charge in [0.05, 0.1) is 17.4 Å². The molecular weight excluding hydrogens is 322 g/mol. The van der Waals surface area contributed by atoms with E-state index in [1.54, 1.807) is 24.3 Å². The highest BCUT2D eigenvalue weighted by molar-refractivity contribution is 7.89. The van der Waals surface area contributed by atoms with E-state index in [4.69, 9.17) is 11.2 Å². The van der Waals surface area contributed by atoms with Crippen LogP contribution in [0.4, 0.5) is 0 Å². The Balaban J connectivity index is 2.02. The lowest BCUT2D eigenvalue weighted by Crippen LogP contribution is -2.44. The number of hydrogen-bond acceptors (Lipinski definition) is 3. The molecule has 0 saturated carbocycles. The van der Waals surface area contributed by atoms with E-state index in [0.29, 0.717) is 6.61 Å². The van der Waals surface area contributed by atoms with Crippen molar-refractivity contribution < 1.29 is 13.2 Å². The van der Waals surface area contributed by atoms with Gasteiger partial charge in [-0.15, -0.1) is 6.42 Å². The fourth-order valence-corrected chi connectivity index (χ4v) is 4.27. The van der Waals surface area contributed by atoms with Crippen molar-refractivity contribution in [2.75, 3.05) is 13.2 Å². The summed E-state index contributed by atoms with van der Waals surface area (Å²) >= 11 is 0. The molecule has 0 aliphatic carbocycles. The van der Waals surface area contributed by atoms with Crippen molar-refractivity contribution in [3.63, 3.8) is 0 Å². The molecule has 1 saturated heterocycles. The summed E-state index contributed by atoms with van der Waals surface area (Å²) in [5, 5.41) is 0. The van der Waals surface area contributed by atoms with Gasteiger partial charge in [-0.25, -0.2) is 8.42 Å². The number of benzene rings is 2. The summed E-state index contributed by atoms with van der Waals surface area (Å²) in [6.45, 7) is 2.50. The predicted molar refractivity (Wildman–Crippen MR) is 92.5 cm³/mol. The number of aryl methyl sites for hydroxylation is 1. The van der Waals surface area contributed by atoms with Gasteiger partial charge in [0.25, 0.3) is 0 Å². The third-order valence-corrected chi connectivity index (χ3v) is 5.89. The Labute approximate surface area is 143 Å². The molecule has 1 aliphatic rings. The average Bonchev–Trinajstić information content (AvgIpc) is 2.62. The first-order valence-corrected chi connectivity index (χ1v) is 9.17. The number of terminal acetylenes is 1. The summed E-state index contributed by atoms with van der Waals surface area (Å²) in [5.74, 6) is 2.35. The third kappa shape index (κ3) is 3.22. The zero-order chi connectivity index (χ0) is 17.2. The Kier molecular flexibility index (Phi) is 4.72. The van der Waals surface area contributed by atoms with E-state index in [1.807, 2.05) is 37.3 Å². The van der Waals surface area contributed by atoms with Crippen LogP contribution in [0.5, 0.6) is 0 Å². The standard InChI is InChI=1S/C19H19NO3S/c1-3-16-13-20(19(23-14-16)17-7-5-4-6-8-17)24(21,22)18-11-9-15(2)10-12-18/h1,4-12,16,19H,13-14H2,2H3/t16-,19+/m0/s1. The monoisotopic (exact) mass is 341 g/mol. The highest BCUT2D eigenvalue weighted by atomic mass is 32.2. The summed E-state index contributed by atoms with van der Waals surface area (Å²) in [5.41, 5.74) is 1.80. The van der Waals surface area contributed by atoms with Crippen LogP contribution in [0.1, 0.15) is 17.4 Å². The van der Waals surface area contributed by atoms with E-state index in [9.17, 15) is 8.42 Å². The predicted octanol–water partition coefficient (Wildman–Crippen LogP) is 2.96. The second kappa shape index (κ2) is 6.78. The molecule has 0 N–H and O–H groups in total. The number of nitrogens with zero attached hydrogens (tertiary/aromatic N) is 1. The van der Waals surface area contributed by atoms with Gasteiger partial charge in [-0.2, -0.15) is 4.31 Å². The number of ether oxygens (including phenoxy) is 1. The molecule has 4 nitrogen and oxygen atoms in total. The zero-order valence-electron chi connectivity index (χ0n) is 13.4. The Morgan fingerprint density at radius 2 is 1.79 bits per heavy atom. The first-order valence-electron chi connectivity index (χ1n) is 7.73. The molecule has 2 aromatic rings. The molecule has 2 aromatic carbocycles. The molecule has 5 heteroatoms. The molecule has 0 bridgehead atoms. The SMILES string of the molecule is C#C[C@@H]1CO[C@H](c2ccccc2)N(S(=O)(=O)c2ccc(C)cc2)C1. The van der Waals surface area contributed by atoms with Crippen LogP contribution < -0.4 is 0 Å². The van der Waals surface area contributed by atoms with Crippen LogP contribution in [0.25, 0.3) is 0 Å². The van der Waals surface area contributed by atoms with E-state index in [-0.39, 0.29) is 17.4 Å². The van der Waals surface area contributed by atoms with Crippen molar-refractivity contribution in [1.29, 1.82) is 0 Å². The summed E-state index contributed by atoms with van der Waals surface area (Å²) < 4.78 is 33.4. The first-order chi connectivity index (χ1) is 11.5. The Morgan fingerprint density at radius 1 is 1.12 bits per heavy atom. The second-order valence-corrected chi connectivity index (χ2v) is 7.74. The smallest absolute Gasteiger partial charge is 0.245 e. The van der Waals surface area contributed by atoms with E-state index in [1.165, 1.54) is 4.31 Å². The molecule has 1 heterocycles. The summed E-state index contributed by atoms with van der Waals surface area (Å²) in [7, 11) is -3.71. The van der Waals surface area contributed by atoms with Crippen LogP contribution in [-0.4, -0.2) is 25.9 Å². The van der Waals surface area contributed by atoms with E-state index in [2.05, 4.69) is 5.92 Å². The van der Waals surface area contributed by atoms with Crippen molar-refractivity contribution in [2.24, 2.45) is 5.92 Å². The highest BCUT2D eigenvalue weighted by Gasteiger charge is 2.38. The lowest BCUT2D eigenvalue weighted by Gasteiger charge is -2.37. The number of sulfonamides is 1. The van der Waals surface area contributed by atoms with Gasteiger partial charge in [0.15, 0.2) is 0 Å². The lowest BCUT2D eigenvalue weighted by molar-refractivity contribution is -0.0717. The minimum atomic E-state index is -3.71. The molecule has 124 valence electrons. The molecule has 0 unspecified atom stereocenters. The van der Waals surface area contributed by atoms with E-state index >= 15 is 0 Å². The number of rotatable bonds is 3. The fraction of sp³-hybridized carbons (Fsp3) is 0.263. The molecule has 24 heavy (non-hydrogen) atoms. The van der Waals surface area contributed by atoms with E-state index in [0.717, 1.165) is 11.1 Å². The summed E-state index contributed by atoms with van der Waals surface area (Å²) in [4.78, 5) is 0.246. The van der Waals surface area contributed by atoms with Gasteiger partial charge in [0.1, 0.15) is 6.23 Å². The van der Waals surface area contributed by atoms with Gasteiger partial charge in [-0.1, -0.05) is 53.9 Å². The summed E-state index contributed by atoms with van der Waals surface area (Å²) in [6, 6.07) is 16.1. The van der Waals surface area contributed by atoms with Crippen molar-refractivity contribution in [3.8, 4) is 12.3 Å². The Bertz CT molecular complexity index is 838. The quantitative estimate of drug-likeness (QED) is 0.807. The van der Waals surface area contributed by atoms with Crippen LogP contribution in [0, 0.1) is 25.2 Å².